The van der Waals surface area contributed by atoms with Gasteiger partial charge in [0.15, 0.2) is 0 Å². The van der Waals surface area contributed by atoms with E-state index in [0.717, 1.165) is 29.5 Å². The molecule has 0 saturated carbocycles. The standard InChI is InChI=1S/C16H24O2/c1-11(2)9-13-7-6-8-14(10-12(3)4)15(13)16(17)18-5/h6-8,11-12H,9-10H2,1-5H3. The maximum atomic E-state index is 12.0. The number of ether oxygens (including phenoxy) is 1. The maximum Gasteiger partial charge on any atom is 0.338 e. The fourth-order valence-corrected chi connectivity index (χ4v) is 2.24. The van der Waals surface area contributed by atoms with E-state index in [1.165, 1.54) is 7.11 Å². The lowest BCUT2D eigenvalue weighted by atomic mass is 9.91. The molecule has 0 amide bonds. The van der Waals surface area contributed by atoms with E-state index in [1.807, 2.05) is 18.2 Å². The Hall–Kier alpha value is -1.31. The first-order chi connectivity index (χ1) is 8.45. The molecule has 0 aliphatic heterocycles. The second kappa shape index (κ2) is 6.58. The van der Waals surface area contributed by atoms with Crippen molar-refractivity contribution in [3.8, 4) is 0 Å². The van der Waals surface area contributed by atoms with Crippen LogP contribution < -0.4 is 0 Å². The molecule has 18 heavy (non-hydrogen) atoms. The van der Waals surface area contributed by atoms with Crippen LogP contribution in [0.5, 0.6) is 0 Å². The van der Waals surface area contributed by atoms with Gasteiger partial charge in [-0.1, -0.05) is 45.9 Å². The molecular formula is C16H24O2. The topological polar surface area (TPSA) is 26.3 Å². The summed E-state index contributed by atoms with van der Waals surface area (Å²) >= 11 is 0. The van der Waals surface area contributed by atoms with Crippen molar-refractivity contribution < 1.29 is 9.53 Å². The molecule has 0 bridgehead atoms. The SMILES string of the molecule is COC(=O)c1c(CC(C)C)cccc1CC(C)C. The Kier molecular flexibility index (Phi) is 5.39. The first kappa shape index (κ1) is 14.7. The lowest BCUT2D eigenvalue weighted by molar-refractivity contribution is 0.0598. The highest BCUT2D eigenvalue weighted by Gasteiger charge is 2.17. The molecule has 100 valence electrons. The van der Waals surface area contributed by atoms with Gasteiger partial charge in [-0.2, -0.15) is 0 Å². The van der Waals surface area contributed by atoms with Crippen LogP contribution in [0.15, 0.2) is 18.2 Å². The van der Waals surface area contributed by atoms with Crippen molar-refractivity contribution in [3.63, 3.8) is 0 Å². The highest BCUT2D eigenvalue weighted by Crippen LogP contribution is 2.22. The van der Waals surface area contributed by atoms with Gasteiger partial charge in [-0.05, 0) is 35.8 Å². The minimum absolute atomic E-state index is 0.207. The molecule has 0 heterocycles. The van der Waals surface area contributed by atoms with Crippen LogP contribution in [0.3, 0.4) is 0 Å². The third-order valence-electron chi connectivity index (χ3n) is 2.88. The Balaban J connectivity index is 3.21. The summed E-state index contributed by atoms with van der Waals surface area (Å²) in [6.07, 6.45) is 1.83. The molecule has 0 spiro atoms. The van der Waals surface area contributed by atoms with Crippen molar-refractivity contribution in [3.05, 3.63) is 34.9 Å². The minimum atomic E-state index is -0.207. The quantitative estimate of drug-likeness (QED) is 0.739. The van der Waals surface area contributed by atoms with E-state index in [4.69, 9.17) is 4.74 Å². The number of methoxy groups -OCH3 is 1. The molecule has 1 aromatic carbocycles. The highest BCUT2D eigenvalue weighted by atomic mass is 16.5. The lowest BCUT2D eigenvalue weighted by Gasteiger charge is -2.15. The van der Waals surface area contributed by atoms with E-state index in [2.05, 4.69) is 27.7 Å². The molecule has 2 heteroatoms. The summed E-state index contributed by atoms with van der Waals surface area (Å²) < 4.78 is 4.94. The van der Waals surface area contributed by atoms with Gasteiger partial charge in [-0.15, -0.1) is 0 Å². The molecule has 1 rings (SSSR count). The Morgan fingerprint density at radius 2 is 1.50 bits per heavy atom. The molecule has 0 aliphatic carbocycles. The average Bonchev–Trinajstić information content (AvgIpc) is 2.27. The smallest absolute Gasteiger partial charge is 0.338 e. The molecule has 0 radical (unpaired) electrons. The van der Waals surface area contributed by atoms with Crippen LogP contribution in [0.25, 0.3) is 0 Å². The van der Waals surface area contributed by atoms with Crippen molar-refractivity contribution in [2.45, 2.75) is 40.5 Å². The van der Waals surface area contributed by atoms with Gasteiger partial charge in [0.2, 0.25) is 0 Å². The molecule has 0 fully saturated rings. The van der Waals surface area contributed by atoms with E-state index in [0.29, 0.717) is 11.8 Å². The lowest BCUT2D eigenvalue weighted by Crippen LogP contribution is -2.12. The fraction of sp³-hybridized carbons (Fsp3) is 0.562. The van der Waals surface area contributed by atoms with Gasteiger partial charge in [0.25, 0.3) is 0 Å². The van der Waals surface area contributed by atoms with Gasteiger partial charge in [-0.25, -0.2) is 4.79 Å². The van der Waals surface area contributed by atoms with Gasteiger partial charge in [-0.3, -0.25) is 0 Å². The second-order valence-corrected chi connectivity index (χ2v) is 5.64. The molecule has 0 aromatic heterocycles. The first-order valence-electron chi connectivity index (χ1n) is 6.64. The Bertz CT molecular complexity index is 377. The van der Waals surface area contributed by atoms with Gasteiger partial charge < -0.3 is 4.74 Å². The van der Waals surface area contributed by atoms with Crippen molar-refractivity contribution in [2.75, 3.05) is 7.11 Å². The molecule has 1 aromatic rings. The highest BCUT2D eigenvalue weighted by molar-refractivity contribution is 5.92. The molecule has 0 N–H and O–H groups in total. The Morgan fingerprint density at radius 3 is 1.83 bits per heavy atom. The van der Waals surface area contributed by atoms with E-state index in [-0.39, 0.29) is 5.97 Å². The number of esters is 1. The van der Waals surface area contributed by atoms with Gasteiger partial charge in [0, 0.05) is 0 Å². The number of carbonyl (C=O) groups excluding carboxylic acids is 1. The number of rotatable bonds is 5. The summed E-state index contributed by atoms with van der Waals surface area (Å²) in [7, 11) is 1.45. The van der Waals surface area contributed by atoms with Crippen LogP contribution in [0.4, 0.5) is 0 Å². The largest absolute Gasteiger partial charge is 0.465 e. The fourth-order valence-electron chi connectivity index (χ4n) is 2.24. The summed E-state index contributed by atoms with van der Waals surface area (Å²) in [4.78, 5) is 12.0. The zero-order valence-electron chi connectivity index (χ0n) is 12.1. The zero-order valence-corrected chi connectivity index (χ0v) is 12.1. The van der Waals surface area contributed by atoms with E-state index >= 15 is 0 Å². The van der Waals surface area contributed by atoms with Crippen molar-refractivity contribution in [2.24, 2.45) is 11.8 Å². The predicted molar refractivity (Wildman–Crippen MR) is 74.9 cm³/mol. The second-order valence-electron chi connectivity index (χ2n) is 5.64. The summed E-state index contributed by atoms with van der Waals surface area (Å²) in [5.41, 5.74) is 2.99. The van der Waals surface area contributed by atoms with Crippen LogP contribution in [-0.4, -0.2) is 13.1 Å². The van der Waals surface area contributed by atoms with Crippen LogP contribution in [0.1, 0.15) is 49.2 Å². The molecule has 0 saturated heterocycles. The monoisotopic (exact) mass is 248 g/mol. The summed E-state index contributed by atoms with van der Waals surface area (Å²) in [6, 6.07) is 6.12. The molecular weight excluding hydrogens is 224 g/mol. The first-order valence-corrected chi connectivity index (χ1v) is 6.64. The van der Waals surface area contributed by atoms with Crippen LogP contribution in [0.2, 0.25) is 0 Å². The minimum Gasteiger partial charge on any atom is -0.465 e. The van der Waals surface area contributed by atoms with Crippen molar-refractivity contribution in [1.82, 2.24) is 0 Å². The van der Waals surface area contributed by atoms with Gasteiger partial charge in [0.1, 0.15) is 0 Å². The van der Waals surface area contributed by atoms with Gasteiger partial charge in [0.05, 0.1) is 12.7 Å². The number of hydrogen-bond acceptors (Lipinski definition) is 2. The van der Waals surface area contributed by atoms with E-state index < -0.39 is 0 Å². The van der Waals surface area contributed by atoms with Crippen LogP contribution >= 0.6 is 0 Å². The van der Waals surface area contributed by atoms with Crippen molar-refractivity contribution in [1.29, 1.82) is 0 Å². The average molecular weight is 248 g/mol. The van der Waals surface area contributed by atoms with Crippen LogP contribution in [-0.2, 0) is 17.6 Å². The third-order valence-corrected chi connectivity index (χ3v) is 2.88. The molecule has 0 unspecified atom stereocenters. The summed E-state index contributed by atoms with van der Waals surface area (Å²) in [5.74, 6) is 0.854. The number of hydrogen-bond donors (Lipinski definition) is 0. The number of benzene rings is 1. The predicted octanol–water partition coefficient (Wildman–Crippen LogP) is 3.87. The van der Waals surface area contributed by atoms with Crippen molar-refractivity contribution >= 4 is 5.97 Å². The Morgan fingerprint density at radius 1 is 1.06 bits per heavy atom. The summed E-state index contributed by atoms with van der Waals surface area (Å²) in [6.45, 7) is 8.65. The molecule has 0 atom stereocenters. The van der Waals surface area contributed by atoms with E-state index in [1.54, 1.807) is 0 Å². The third kappa shape index (κ3) is 3.86. The summed E-state index contributed by atoms with van der Waals surface area (Å²) in [5, 5.41) is 0. The number of carbonyl (C=O) groups is 1. The molecule has 0 aliphatic rings. The van der Waals surface area contributed by atoms with Crippen LogP contribution in [0, 0.1) is 11.8 Å². The van der Waals surface area contributed by atoms with E-state index in [9.17, 15) is 4.79 Å². The normalized spacial score (nSPS) is 11.1. The molecule has 2 nitrogen and oxygen atoms in total. The van der Waals surface area contributed by atoms with Gasteiger partial charge >= 0.3 is 5.97 Å². The maximum absolute atomic E-state index is 12.0. The zero-order chi connectivity index (χ0) is 13.7. The Labute approximate surface area is 110 Å².